The fraction of sp³-hybridized carbons (Fsp3) is 0.444. The smallest absolute Gasteiger partial charge is 0.280 e. The van der Waals surface area contributed by atoms with Gasteiger partial charge in [0.1, 0.15) is 11.5 Å². The van der Waals surface area contributed by atoms with E-state index in [9.17, 15) is 15.2 Å². The van der Waals surface area contributed by atoms with Gasteiger partial charge in [-0.05, 0) is 49.8 Å². The zero-order valence-corrected chi connectivity index (χ0v) is 13.5. The molecular formula is C18H22N2O4. The van der Waals surface area contributed by atoms with E-state index in [2.05, 4.69) is 5.32 Å². The molecule has 128 valence electrons. The van der Waals surface area contributed by atoms with Gasteiger partial charge in [-0.25, -0.2) is 0 Å². The summed E-state index contributed by atoms with van der Waals surface area (Å²) in [5.74, 6) is 1.73. The second-order valence-corrected chi connectivity index (χ2v) is 6.32. The normalized spacial score (nSPS) is 20.9. The number of rotatable bonds is 6. The van der Waals surface area contributed by atoms with Crippen molar-refractivity contribution >= 4 is 5.69 Å². The number of para-hydroxylation sites is 1. The lowest BCUT2D eigenvalue weighted by Crippen LogP contribution is -2.33. The molecule has 0 saturated heterocycles. The van der Waals surface area contributed by atoms with Crippen LogP contribution in [-0.2, 0) is 6.54 Å². The lowest BCUT2D eigenvalue weighted by atomic mass is 9.86. The van der Waals surface area contributed by atoms with E-state index in [1.54, 1.807) is 24.3 Å². The lowest BCUT2D eigenvalue weighted by molar-refractivity contribution is -0.384. The maximum Gasteiger partial charge on any atom is 0.280 e. The van der Waals surface area contributed by atoms with E-state index in [1.165, 1.54) is 6.07 Å². The third-order valence-corrected chi connectivity index (χ3v) is 4.70. The maximum atomic E-state index is 11.1. The molecule has 0 atom stereocenters. The van der Waals surface area contributed by atoms with Gasteiger partial charge in [0.15, 0.2) is 0 Å². The molecule has 0 radical (unpaired) electrons. The third kappa shape index (κ3) is 3.83. The Kier molecular flexibility index (Phi) is 5.27. The summed E-state index contributed by atoms with van der Waals surface area (Å²) in [6, 6.07) is 10.7. The van der Waals surface area contributed by atoms with Crippen LogP contribution in [0.1, 0.15) is 31.4 Å². The molecule has 0 aliphatic heterocycles. The number of nitrogens with zero attached hydrogens (tertiary/aromatic N) is 1. The van der Waals surface area contributed by atoms with Crippen LogP contribution in [0.15, 0.2) is 40.8 Å². The van der Waals surface area contributed by atoms with Gasteiger partial charge in [-0.1, -0.05) is 12.1 Å². The van der Waals surface area contributed by atoms with Crippen molar-refractivity contribution in [2.75, 3.05) is 6.61 Å². The molecule has 2 N–H and O–H groups in total. The van der Waals surface area contributed by atoms with Crippen LogP contribution in [0.3, 0.4) is 0 Å². The molecule has 3 rings (SSSR count). The molecule has 2 aromatic rings. The molecule has 1 heterocycles. The molecule has 0 amide bonds. The van der Waals surface area contributed by atoms with E-state index in [-0.39, 0.29) is 12.3 Å². The number of furan rings is 1. The fourth-order valence-corrected chi connectivity index (χ4v) is 3.25. The van der Waals surface area contributed by atoms with Gasteiger partial charge in [0.2, 0.25) is 0 Å². The number of nitro benzene ring substituents is 1. The zero-order valence-electron chi connectivity index (χ0n) is 13.5. The van der Waals surface area contributed by atoms with Crippen molar-refractivity contribution in [1.82, 2.24) is 5.32 Å². The molecule has 0 unspecified atom stereocenters. The molecule has 1 fully saturated rings. The van der Waals surface area contributed by atoms with E-state index in [1.807, 2.05) is 6.07 Å². The van der Waals surface area contributed by atoms with Crippen LogP contribution >= 0.6 is 0 Å². The Hall–Kier alpha value is -2.18. The van der Waals surface area contributed by atoms with Crippen LogP contribution in [0.5, 0.6) is 0 Å². The van der Waals surface area contributed by atoms with Gasteiger partial charge in [-0.3, -0.25) is 10.1 Å². The molecular weight excluding hydrogens is 308 g/mol. The van der Waals surface area contributed by atoms with Gasteiger partial charge in [-0.2, -0.15) is 0 Å². The highest BCUT2D eigenvalue weighted by Gasteiger charge is 2.21. The number of aliphatic hydroxyl groups excluding tert-OH is 1. The average Bonchev–Trinajstić information content (AvgIpc) is 3.09. The van der Waals surface area contributed by atoms with Crippen LogP contribution in [0.2, 0.25) is 0 Å². The number of benzene rings is 1. The molecule has 6 heteroatoms. The van der Waals surface area contributed by atoms with Crippen molar-refractivity contribution < 1.29 is 14.4 Å². The summed E-state index contributed by atoms with van der Waals surface area (Å²) in [5.41, 5.74) is 0.547. The fourth-order valence-electron chi connectivity index (χ4n) is 3.25. The van der Waals surface area contributed by atoms with Crippen molar-refractivity contribution in [3.8, 4) is 11.3 Å². The predicted molar refractivity (Wildman–Crippen MR) is 90.5 cm³/mol. The van der Waals surface area contributed by atoms with Crippen molar-refractivity contribution in [1.29, 1.82) is 0 Å². The van der Waals surface area contributed by atoms with Crippen LogP contribution in [-0.4, -0.2) is 22.7 Å². The quantitative estimate of drug-likeness (QED) is 0.625. The second kappa shape index (κ2) is 7.59. The van der Waals surface area contributed by atoms with Crippen LogP contribution in [0.4, 0.5) is 5.69 Å². The summed E-state index contributed by atoms with van der Waals surface area (Å²) in [4.78, 5) is 10.7. The Morgan fingerprint density at radius 2 is 1.92 bits per heavy atom. The minimum Gasteiger partial charge on any atom is -0.459 e. The maximum absolute atomic E-state index is 11.1. The molecule has 0 spiro atoms. The van der Waals surface area contributed by atoms with Crippen molar-refractivity contribution in [3.05, 3.63) is 52.3 Å². The Bertz CT molecular complexity index is 690. The van der Waals surface area contributed by atoms with E-state index in [4.69, 9.17) is 4.42 Å². The van der Waals surface area contributed by atoms with E-state index < -0.39 is 4.92 Å². The first-order chi connectivity index (χ1) is 11.7. The van der Waals surface area contributed by atoms with Crippen LogP contribution in [0.25, 0.3) is 11.3 Å². The third-order valence-electron chi connectivity index (χ3n) is 4.70. The zero-order chi connectivity index (χ0) is 16.9. The van der Waals surface area contributed by atoms with E-state index in [0.29, 0.717) is 29.8 Å². The monoisotopic (exact) mass is 330 g/mol. The van der Waals surface area contributed by atoms with E-state index in [0.717, 1.165) is 31.4 Å². The summed E-state index contributed by atoms with van der Waals surface area (Å²) < 4.78 is 5.79. The van der Waals surface area contributed by atoms with Gasteiger partial charge in [0.25, 0.3) is 5.69 Å². The molecule has 1 aliphatic rings. The summed E-state index contributed by atoms with van der Waals surface area (Å²) in [6.07, 6.45) is 4.22. The number of nitro groups is 1. The predicted octanol–water partition coefficient (Wildman–Crippen LogP) is 3.50. The molecule has 1 aromatic carbocycles. The molecule has 6 nitrogen and oxygen atoms in total. The van der Waals surface area contributed by atoms with Crippen molar-refractivity contribution in [2.45, 2.75) is 38.3 Å². The molecule has 1 aliphatic carbocycles. The Morgan fingerprint density at radius 1 is 1.17 bits per heavy atom. The number of aliphatic hydroxyl groups is 1. The first-order valence-corrected chi connectivity index (χ1v) is 8.34. The highest BCUT2D eigenvalue weighted by Crippen LogP contribution is 2.31. The molecule has 1 aromatic heterocycles. The Labute approximate surface area is 140 Å². The minimum atomic E-state index is -0.393. The Morgan fingerprint density at radius 3 is 2.62 bits per heavy atom. The minimum absolute atomic E-state index is 0.0497. The largest absolute Gasteiger partial charge is 0.459 e. The molecule has 0 bridgehead atoms. The average molecular weight is 330 g/mol. The van der Waals surface area contributed by atoms with Crippen molar-refractivity contribution in [2.24, 2.45) is 5.92 Å². The van der Waals surface area contributed by atoms with Gasteiger partial charge in [-0.15, -0.1) is 0 Å². The summed E-state index contributed by atoms with van der Waals surface area (Å²) in [5, 5.41) is 23.8. The Balaban J connectivity index is 1.61. The first kappa shape index (κ1) is 16.7. The number of hydrogen-bond acceptors (Lipinski definition) is 5. The van der Waals surface area contributed by atoms with Gasteiger partial charge in [0, 0.05) is 18.7 Å². The van der Waals surface area contributed by atoms with E-state index >= 15 is 0 Å². The van der Waals surface area contributed by atoms with Crippen molar-refractivity contribution in [3.63, 3.8) is 0 Å². The summed E-state index contributed by atoms with van der Waals surface area (Å²) in [6.45, 7) is 0.888. The lowest BCUT2D eigenvalue weighted by Gasteiger charge is -2.27. The standard InChI is InChI=1S/C18H22N2O4/c21-12-13-5-7-14(8-6-13)19-11-15-9-10-18(24-15)16-3-1-2-4-17(16)20(22)23/h1-4,9-10,13-14,19,21H,5-8,11-12H2. The molecule has 24 heavy (non-hydrogen) atoms. The summed E-state index contributed by atoms with van der Waals surface area (Å²) in [7, 11) is 0. The second-order valence-electron chi connectivity index (χ2n) is 6.32. The van der Waals surface area contributed by atoms with Crippen LogP contribution < -0.4 is 5.32 Å². The number of nitrogens with one attached hydrogen (secondary N) is 1. The highest BCUT2D eigenvalue weighted by molar-refractivity contribution is 5.69. The van der Waals surface area contributed by atoms with Gasteiger partial charge < -0.3 is 14.8 Å². The summed E-state index contributed by atoms with van der Waals surface area (Å²) >= 11 is 0. The molecule has 1 saturated carbocycles. The SMILES string of the molecule is O=[N+]([O-])c1ccccc1-c1ccc(CNC2CCC(CO)CC2)o1. The number of hydrogen-bond donors (Lipinski definition) is 2. The highest BCUT2D eigenvalue weighted by atomic mass is 16.6. The van der Waals surface area contributed by atoms with Crippen LogP contribution in [0, 0.1) is 16.0 Å². The van der Waals surface area contributed by atoms with Gasteiger partial charge in [0.05, 0.1) is 17.0 Å². The van der Waals surface area contributed by atoms with Gasteiger partial charge >= 0.3 is 0 Å². The first-order valence-electron chi connectivity index (χ1n) is 8.34. The topological polar surface area (TPSA) is 88.5 Å².